The number of rotatable bonds is 5. The SMILES string of the molecule is CCc1ccc(NC(N)=NCC2(N(C)C)CCOCC2)cc1.I. The van der Waals surface area contributed by atoms with Crippen LogP contribution in [0.5, 0.6) is 0 Å². The third-order valence-electron chi connectivity index (χ3n) is 4.55. The predicted molar refractivity (Wildman–Crippen MR) is 108 cm³/mol. The minimum Gasteiger partial charge on any atom is -0.381 e. The Morgan fingerprint density at radius 3 is 2.39 bits per heavy atom. The summed E-state index contributed by atoms with van der Waals surface area (Å²) in [6.45, 7) is 4.42. The van der Waals surface area contributed by atoms with Crippen LogP contribution in [0.15, 0.2) is 29.3 Å². The molecule has 6 heteroatoms. The summed E-state index contributed by atoms with van der Waals surface area (Å²) >= 11 is 0. The molecule has 1 aromatic carbocycles. The first-order valence-electron chi connectivity index (χ1n) is 7.97. The topological polar surface area (TPSA) is 62.9 Å². The van der Waals surface area contributed by atoms with Crippen LogP contribution in [0.2, 0.25) is 0 Å². The number of likely N-dealkylation sites (N-methyl/N-ethyl adjacent to an activating group) is 1. The lowest BCUT2D eigenvalue weighted by Crippen LogP contribution is -2.51. The minimum atomic E-state index is 0. The monoisotopic (exact) mass is 432 g/mol. The number of ether oxygens (including phenoxy) is 1. The van der Waals surface area contributed by atoms with Gasteiger partial charge in [0.25, 0.3) is 0 Å². The van der Waals surface area contributed by atoms with Crippen LogP contribution >= 0.6 is 24.0 Å². The van der Waals surface area contributed by atoms with Gasteiger partial charge in [0.2, 0.25) is 0 Å². The van der Waals surface area contributed by atoms with E-state index in [1.54, 1.807) is 0 Å². The number of aryl methyl sites for hydroxylation is 1. The van der Waals surface area contributed by atoms with Crippen molar-refractivity contribution in [2.45, 2.75) is 31.7 Å². The molecule has 3 N–H and O–H groups in total. The Labute approximate surface area is 156 Å². The van der Waals surface area contributed by atoms with Crippen molar-refractivity contribution in [3.05, 3.63) is 29.8 Å². The molecule has 0 amide bonds. The first-order chi connectivity index (χ1) is 10.6. The summed E-state index contributed by atoms with van der Waals surface area (Å²) in [4.78, 5) is 6.82. The number of nitrogens with two attached hydrogens (primary N) is 1. The fraction of sp³-hybridized carbons (Fsp3) is 0.588. The van der Waals surface area contributed by atoms with Crippen LogP contribution in [0.1, 0.15) is 25.3 Å². The quantitative estimate of drug-likeness (QED) is 0.427. The molecule has 0 radical (unpaired) electrons. The number of guanidine groups is 1. The second-order valence-electron chi connectivity index (χ2n) is 6.11. The van der Waals surface area contributed by atoms with E-state index in [1.807, 2.05) is 12.1 Å². The largest absolute Gasteiger partial charge is 0.381 e. The van der Waals surface area contributed by atoms with Crippen molar-refractivity contribution in [2.24, 2.45) is 10.7 Å². The molecule has 1 aliphatic rings. The highest BCUT2D eigenvalue weighted by Crippen LogP contribution is 2.26. The molecule has 1 aromatic rings. The first-order valence-corrected chi connectivity index (χ1v) is 7.97. The van der Waals surface area contributed by atoms with Crippen molar-refractivity contribution in [1.29, 1.82) is 0 Å². The number of benzene rings is 1. The molecule has 1 saturated heterocycles. The smallest absolute Gasteiger partial charge is 0.193 e. The summed E-state index contributed by atoms with van der Waals surface area (Å²) in [5, 5.41) is 3.17. The molecule has 0 saturated carbocycles. The van der Waals surface area contributed by atoms with Crippen LogP contribution in [0.4, 0.5) is 5.69 Å². The highest BCUT2D eigenvalue weighted by Gasteiger charge is 2.34. The van der Waals surface area contributed by atoms with E-state index in [2.05, 4.69) is 48.4 Å². The molecule has 0 bridgehead atoms. The zero-order valence-electron chi connectivity index (χ0n) is 14.3. The van der Waals surface area contributed by atoms with Gasteiger partial charge in [-0.25, -0.2) is 0 Å². The average Bonchev–Trinajstić information content (AvgIpc) is 2.54. The van der Waals surface area contributed by atoms with E-state index in [0.29, 0.717) is 12.5 Å². The van der Waals surface area contributed by atoms with Crippen molar-refractivity contribution < 1.29 is 4.74 Å². The van der Waals surface area contributed by atoms with Gasteiger partial charge in [0.15, 0.2) is 5.96 Å². The van der Waals surface area contributed by atoms with Crippen molar-refractivity contribution in [1.82, 2.24) is 4.90 Å². The fourth-order valence-corrected chi connectivity index (χ4v) is 2.74. The molecule has 2 rings (SSSR count). The first kappa shape index (κ1) is 20.2. The summed E-state index contributed by atoms with van der Waals surface area (Å²) in [6, 6.07) is 8.29. The Morgan fingerprint density at radius 2 is 1.87 bits per heavy atom. The van der Waals surface area contributed by atoms with Gasteiger partial charge in [-0.3, -0.25) is 4.99 Å². The van der Waals surface area contributed by atoms with Crippen LogP contribution < -0.4 is 11.1 Å². The molecule has 0 aromatic heterocycles. The van der Waals surface area contributed by atoms with E-state index < -0.39 is 0 Å². The number of halogens is 1. The molecule has 1 aliphatic heterocycles. The minimum absolute atomic E-state index is 0. The lowest BCUT2D eigenvalue weighted by molar-refractivity contribution is -0.00249. The van der Waals surface area contributed by atoms with Gasteiger partial charge in [-0.2, -0.15) is 0 Å². The normalized spacial score (nSPS) is 17.7. The van der Waals surface area contributed by atoms with Gasteiger partial charge >= 0.3 is 0 Å². The highest BCUT2D eigenvalue weighted by molar-refractivity contribution is 14.0. The lowest BCUT2D eigenvalue weighted by atomic mass is 9.89. The molecule has 130 valence electrons. The van der Waals surface area contributed by atoms with Crippen molar-refractivity contribution in [3.63, 3.8) is 0 Å². The van der Waals surface area contributed by atoms with Crippen LogP contribution in [-0.4, -0.2) is 50.3 Å². The Kier molecular flexibility index (Phi) is 8.28. The maximum atomic E-state index is 6.04. The van der Waals surface area contributed by atoms with Gasteiger partial charge in [0, 0.05) is 24.4 Å². The van der Waals surface area contributed by atoms with E-state index >= 15 is 0 Å². The highest BCUT2D eigenvalue weighted by atomic mass is 127. The molecular weight excluding hydrogens is 403 g/mol. The number of aliphatic imine (C=N–C) groups is 1. The van der Waals surface area contributed by atoms with Crippen LogP contribution in [-0.2, 0) is 11.2 Å². The van der Waals surface area contributed by atoms with Gasteiger partial charge in [-0.15, -0.1) is 24.0 Å². The molecule has 1 fully saturated rings. The maximum absolute atomic E-state index is 6.04. The maximum Gasteiger partial charge on any atom is 0.193 e. The standard InChI is InChI=1S/C17H28N4O.HI/c1-4-14-5-7-15(8-6-14)20-16(18)19-13-17(21(2)3)9-11-22-12-10-17;/h5-8H,4,9-13H2,1-3H3,(H3,18,19,20);1H. The Morgan fingerprint density at radius 1 is 1.26 bits per heavy atom. The zero-order valence-corrected chi connectivity index (χ0v) is 16.7. The van der Waals surface area contributed by atoms with Crippen molar-refractivity contribution in [3.8, 4) is 0 Å². The molecular formula is C17H29IN4O. The van der Waals surface area contributed by atoms with Gasteiger partial charge in [-0.05, 0) is 51.1 Å². The van der Waals surface area contributed by atoms with Crippen molar-refractivity contribution >= 4 is 35.6 Å². The Balaban J connectivity index is 0.00000264. The fourth-order valence-electron chi connectivity index (χ4n) is 2.74. The number of nitrogens with one attached hydrogen (secondary N) is 1. The molecule has 5 nitrogen and oxygen atoms in total. The Bertz CT molecular complexity index is 496. The zero-order chi connectivity index (χ0) is 16.0. The van der Waals surface area contributed by atoms with E-state index in [1.165, 1.54) is 5.56 Å². The van der Waals surface area contributed by atoms with E-state index in [0.717, 1.165) is 38.2 Å². The number of hydrogen-bond donors (Lipinski definition) is 2. The molecule has 0 atom stereocenters. The summed E-state index contributed by atoms with van der Waals surface area (Å²) in [7, 11) is 4.21. The van der Waals surface area contributed by atoms with E-state index in [-0.39, 0.29) is 29.5 Å². The van der Waals surface area contributed by atoms with Crippen LogP contribution in [0.25, 0.3) is 0 Å². The molecule has 0 unspecified atom stereocenters. The number of nitrogens with zero attached hydrogens (tertiary/aromatic N) is 2. The lowest BCUT2D eigenvalue weighted by Gasteiger charge is -2.41. The van der Waals surface area contributed by atoms with Crippen molar-refractivity contribution in [2.75, 3.05) is 39.2 Å². The second kappa shape index (κ2) is 9.44. The van der Waals surface area contributed by atoms with E-state index in [9.17, 15) is 0 Å². The third kappa shape index (κ3) is 5.61. The number of hydrogen-bond acceptors (Lipinski definition) is 3. The summed E-state index contributed by atoms with van der Waals surface area (Å²) in [5.74, 6) is 0.469. The summed E-state index contributed by atoms with van der Waals surface area (Å²) < 4.78 is 5.48. The van der Waals surface area contributed by atoms with Gasteiger partial charge in [0.05, 0.1) is 6.54 Å². The van der Waals surface area contributed by atoms with Gasteiger partial charge in [-0.1, -0.05) is 19.1 Å². The van der Waals surface area contributed by atoms with Gasteiger partial charge in [0.1, 0.15) is 0 Å². The molecule has 1 heterocycles. The summed E-state index contributed by atoms with van der Waals surface area (Å²) in [5.41, 5.74) is 8.38. The van der Waals surface area contributed by atoms with Crippen LogP contribution in [0.3, 0.4) is 0 Å². The second-order valence-corrected chi connectivity index (χ2v) is 6.11. The molecule has 0 spiro atoms. The van der Waals surface area contributed by atoms with Crippen LogP contribution in [0, 0.1) is 0 Å². The van der Waals surface area contributed by atoms with Gasteiger partial charge < -0.3 is 20.7 Å². The Hall–Kier alpha value is -0.860. The van der Waals surface area contributed by atoms with E-state index in [4.69, 9.17) is 10.5 Å². The summed E-state index contributed by atoms with van der Waals surface area (Å²) in [6.07, 6.45) is 3.02. The predicted octanol–water partition coefficient (Wildman–Crippen LogP) is 2.70. The molecule has 23 heavy (non-hydrogen) atoms. The third-order valence-corrected chi connectivity index (χ3v) is 4.55. The number of anilines is 1. The average molecular weight is 432 g/mol. The molecule has 0 aliphatic carbocycles.